The Morgan fingerprint density at radius 1 is 1.18 bits per heavy atom. The number of hydrogen-bond acceptors (Lipinski definition) is 5. The molecule has 2 aromatic heterocycles. The molecule has 1 saturated heterocycles. The minimum Gasteiger partial charge on any atom is -0.338 e. The highest BCUT2D eigenvalue weighted by molar-refractivity contribution is 5.79. The standard InChI is InChI=1S/C19H15F3N4O2/c20-19(21,22)14-5-3-4-12(8-14)10-26-11-13(9-16(26)27)17-24-18(28-25-17)15-6-1-2-7-23-15/h1-8,13H,9-11H2. The lowest BCUT2D eigenvalue weighted by Crippen LogP contribution is -2.24. The van der Waals surface area contributed by atoms with E-state index in [0.717, 1.165) is 12.1 Å². The van der Waals surface area contributed by atoms with E-state index in [4.69, 9.17) is 4.52 Å². The zero-order chi connectivity index (χ0) is 19.7. The molecule has 9 heteroatoms. The number of alkyl halides is 3. The number of pyridine rings is 1. The first kappa shape index (κ1) is 18.1. The molecular formula is C19H15F3N4O2. The zero-order valence-corrected chi connectivity index (χ0v) is 14.6. The lowest BCUT2D eigenvalue weighted by molar-refractivity contribution is -0.137. The van der Waals surface area contributed by atoms with Gasteiger partial charge in [0, 0.05) is 31.6 Å². The third kappa shape index (κ3) is 3.73. The van der Waals surface area contributed by atoms with Crippen LogP contribution < -0.4 is 0 Å². The molecule has 0 aliphatic carbocycles. The van der Waals surface area contributed by atoms with Crippen LogP contribution in [0.15, 0.2) is 53.2 Å². The fourth-order valence-electron chi connectivity index (χ4n) is 3.16. The van der Waals surface area contributed by atoms with Gasteiger partial charge in [-0.3, -0.25) is 9.78 Å². The first-order valence-corrected chi connectivity index (χ1v) is 8.59. The number of aromatic nitrogens is 3. The van der Waals surface area contributed by atoms with E-state index in [1.807, 2.05) is 0 Å². The topological polar surface area (TPSA) is 72.1 Å². The summed E-state index contributed by atoms with van der Waals surface area (Å²) in [5.41, 5.74) is 0.226. The van der Waals surface area contributed by atoms with Gasteiger partial charge in [-0.15, -0.1) is 0 Å². The van der Waals surface area contributed by atoms with Crippen molar-refractivity contribution in [2.75, 3.05) is 6.54 Å². The second-order valence-corrected chi connectivity index (χ2v) is 6.55. The maximum Gasteiger partial charge on any atom is 0.416 e. The van der Waals surface area contributed by atoms with Gasteiger partial charge in [-0.2, -0.15) is 18.2 Å². The molecule has 1 aliphatic rings. The molecule has 1 fully saturated rings. The van der Waals surface area contributed by atoms with Crippen LogP contribution in [0.3, 0.4) is 0 Å². The van der Waals surface area contributed by atoms with Gasteiger partial charge in [0.2, 0.25) is 5.91 Å². The molecule has 0 spiro atoms. The van der Waals surface area contributed by atoms with Gasteiger partial charge < -0.3 is 9.42 Å². The van der Waals surface area contributed by atoms with Crippen molar-refractivity contribution in [1.29, 1.82) is 0 Å². The lowest BCUT2D eigenvalue weighted by atomic mass is 10.1. The number of nitrogens with zero attached hydrogens (tertiary/aromatic N) is 4. The summed E-state index contributed by atoms with van der Waals surface area (Å²) in [7, 11) is 0. The molecule has 1 atom stereocenters. The Balaban J connectivity index is 1.47. The van der Waals surface area contributed by atoms with Crippen LogP contribution in [-0.2, 0) is 17.5 Å². The third-order valence-corrected chi connectivity index (χ3v) is 4.53. The van der Waals surface area contributed by atoms with E-state index in [9.17, 15) is 18.0 Å². The largest absolute Gasteiger partial charge is 0.416 e. The Kier molecular flexibility index (Phi) is 4.58. The average Bonchev–Trinajstić information content (AvgIpc) is 3.30. The molecular weight excluding hydrogens is 373 g/mol. The smallest absolute Gasteiger partial charge is 0.338 e. The Bertz CT molecular complexity index is 988. The van der Waals surface area contributed by atoms with Gasteiger partial charge in [-0.05, 0) is 29.8 Å². The molecule has 0 N–H and O–H groups in total. The maximum atomic E-state index is 12.9. The van der Waals surface area contributed by atoms with E-state index in [0.29, 0.717) is 23.6 Å². The number of benzene rings is 1. The number of carbonyl (C=O) groups excluding carboxylic acids is 1. The van der Waals surface area contributed by atoms with Crippen LogP contribution in [0.2, 0.25) is 0 Å². The van der Waals surface area contributed by atoms with E-state index in [1.54, 1.807) is 30.5 Å². The number of rotatable bonds is 4. The fourth-order valence-corrected chi connectivity index (χ4v) is 3.16. The van der Waals surface area contributed by atoms with Gasteiger partial charge in [0.15, 0.2) is 5.82 Å². The van der Waals surface area contributed by atoms with E-state index in [2.05, 4.69) is 15.1 Å². The highest BCUT2D eigenvalue weighted by Crippen LogP contribution is 2.32. The minimum absolute atomic E-state index is 0.101. The zero-order valence-electron chi connectivity index (χ0n) is 14.6. The maximum absolute atomic E-state index is 12.9. The summed E-state index contributed by atoms with van der Waals surface area (Å²) in [4.78, 5) is 22.3. The first-order valence-electron chi connectivity index (χ1n) is 8.59. The van der Waals surface area contributed by atoms with Crippen molar-refractivity contribution in [1.82, 2.24) is 20.0 Å². The summed E-state index contributed by atoms with van der Waals surface area (Å²) in [6, 6.07) is 10.3. The Morgan fingerprint density at radius 2 is 2.04 bits per heavy atom. The van der Waals surface area contributed by atoms with Gasteiger partial charge in [-0.1, -0.05) is 23.4 Å². The second kappa shape index (κ2) is 7.06. The molecule has 0 radical (unpaired) electrons. The van der Waals surface area contributed by atoms with Crippen LogP contribution >= 0.6 is 0 Å². The predicted octanol–water partition coefficient (Wildman–Crippen LogP) is 3.67. The van der Waals surface area contributed by atoms with Crippen molar-refractivity contribution in [3.05, 3.63) is 65.6 Å². The summed E-state index contributed by atoms with van der Waals surface area (Å²) in [6.45, 7) is 0.417. The van der Waals surface area contributed by atoms with Crippen LogP contribution in [0.4, 0.5) is 13.2 Å². The van der Waals surface area contributed by atoms with Gasteiger partial charge in [0.1, 0.15) is 5.69 Å². The number of likely N-dealkylation sites (tertiary alicyclic amines) is 1. The monoisotopic (exact) mass is 388 g/mol. The van der Waals surface area contributed by atoms with Gasteiger partial charge in [0.25, 0.3) is 5.89 Å². The van der Waals surface area contributed by atoms with Crippen molar-refractivity contribution >= 4 is 5.91 Å². The summed E-state index contributed by atoms with van der Waals surface area (Å²) in [5, 5.41) is 3.94. The van der Waals surface area contributed by atoms with Crippen LogP contribution in [-0.4, -0.2) is 32.5 Å². The molecule has 0 saturated carbocycles. The van der Waals surface area contributed by atoms with Crippen molar-refractivity contribution < 1.29 is 22.5 Å². The summed E-state index contributed by atoms with van der Waals surface area (Å²) >= 11 is 0. The molecule has 3 aromatic rings. The minimum atomic E-state index is -4.42. The van der Waals surface area contributed by atoms with Crippen LogP contribution in [0.5, 0.6) is 0 Å². The Hall–Kier alpha value is -3.23. The molecule has 0 bridgehead atoms. The van der Waals surface area contributed by atoms with Crippen molar-refractivity contribution in [2.24, 2.45) is 0 Å². The summed E-state index contributed by atoms with van der Waals surface area (Å²) in [5.74, 6) is 0.214. The lowest BCUT2D eigenvalue weighted by Gasteiger charge is -2.17. The molecule has 1 aliphatic heterocycles. The SMILES string of the molecule is O=C1CC(c2noc(-c3ccccn3)n2)CN1Cc1cccc(C(F)(F)F)c1. The highest BCUT2D eigenvalue weighted by Gasteiger charge is 2.35. The summed E-state index contributed by atoms with van der Waals surface area (Å²) in [6.07, 6.45) is -2.63. The van der Waals surface area contributed by atoms with Crippen molar-refractivity contribution in [3.8, 4) is 11.6 Å². The number of carbonyl (C=O) groups is 1. The highest BCUT2D eigenvalue weighted by atomic mass is 19.4. The molecule has 28 heavy (non-hydrogen) atoms. The van der Waals surface area contributed by atoms with Crippen LogP contribution in [0.25, 0.3) is 11.6 Å². The van der Waals surface area contributed by atoms with Crippen molar-refractivity contribution in [2.45, 2.75) is 25.1 Å². The Morgan fingerprint density at radius 3 is 2.79 bits per heavy atom. The molecule has 3 heterocycles. The number of halogens is 3. The molecule has 144 valence electrons. The molecule has 1 amide bonds. The molecule has 4 rings (SSSR count). The number of hydrogen-bond donors (Lipinski definition) is 0. The van der Waals surface area contributed by atoms with Crippen molar-refractivity contribution in [3.63, 3.8) is 0 Å². The van der Waals surface area contributed by atoms with Gasteiger partial charge in [0.05, 0.1) is 5.56 Å². The Labute approximate surface area is 158 Å². The molecule has 1 aromatic carbocycles. The predicted molar refractivity (Wildman–Crippen MR) is 91.7 cm³/mol. The quantitative estimate of drug-likeness (QED) is 0.682. The van der Waals surface area contributed by atoms with Crippen LogP contribution in [0, 0.1) is 0 Å². The van der Waals surface area contributed by atoms with Gasteiger partial charge in [-0.25, -0.2) is 0 Å². The third-order valence-electron chi connectivity index (χ3n) is 4.53. The van der Waals surface area contributed by atoms with E-state index < -0.39 is 11.7 Å². The van der Waals surface area contributed by atoms with E-state index in [-0.39, 0.29) is 30.7 Å². The van der Waals surface area contributed by atoms with Crippen LogP contribution in [0.1, 0.15) is 29.3 Å². The van der Waals surface area contributed by atoms with E-state index in [1.165, 1.54) is 11.0 Å². The van der Waals surface area contributed by atoms with Gasteiger partial charge >= 0.3 is 6.18 Å². The normalized spacial score (nSPS) is 17.3. The first-order chi connectivity index (χ1) is 13.4. The molecule has 6 nitrogen and oxygen atoms in total. The van der Waals surface area contributed by atoms with E-state index >= 15 is 0 Å². The second-order valence-electron chi connectivity index (χ2n) is 6.55. The summed E-state index contributed by atoms with van der Waals surface area (Å²) < 4.78 is 43.8. The number of amides is 1. The fraction of sp³-hybridized carbons (Fsp3) is 0.263. The average molecular weight is 388 g/mol. The molecule has 1 unspecified atom stereocenters.